The predicted octanol–water partition coefficient (Wildman–Crippen LogP) is 13.2. The van der Waals surface area contributed by atoms with Crippen LogP contribution in [-0.2, 0) is 10.8 Å². The molecule has 0 amide bonds. The first kappa shape index (κ1) is 31.8. The molecule has 0 aliphatic carbocycles. The van der Waals surface area contributed by atoms with Crippen molar-refractivity contribution in [3.05, 3.63) is 166 Å². The van der Waals surface area contributed by atoms with E-state index in [-0.39, 0.29) is 16.3 Å². The zero-order valence-electron chi connectivity index (χ0n) is 29.7. The molecule has 4 heteroatoms. The second-order valence-electron chi connectivity index (χ2n) is 14.1. The summed E-state index contributed by atoms with van der Waals surface area (Å²) in [5.74, 6) is 0. The number of rotatable bonds is 6. The number of para-hydroxylation sites is 4. The molecule has 2 aliphatic heterocycles. The molecule has 9 rings (SSSR count). The van der Waals surface area contributed by atoms with Crippen molar-refractivity contribution >= 4 is 65.6 Å². The molecule has 3 heterocycles. The molecule has 0 unspecified atom stereocenters. The topological polar surface area (TPSA) is 23.6 Å². The van der Waals surface area contributed by atoms with Crippen molar-refractivity contribution in [1.82, 2.24) is 0 Å². The molecular formula is C47H42N2OS. The molecule has 0 fully saturated rings. The second kappa shape index (κ2) is 12.0. The summed E-state index contributed by atoms with van der Waals surface area (Å²) < 4.78 is 1.99. The van der Waals surface area contributed by atoms with Gasteiger partial charge in [-0.2, -0.15) is 0 Å². The molecule has 3 nitrogen and oxygen atoms in total. The van der Waals surface area contributed by atoms with Gasteiger partial charge in [-0.3, -0.25) is 4.79 Å². The number of fused-ring (bicyclic) bond motifs is 6. The molecular weight excluding hydrogens is 641 g/mol. The van der Waals surface area contributed by atoms with Crippen LogP contribution in [0, 0.1) is 0 Å². The summed E-state index contributed by atoms with van der Waals surface area (Å²) in [5.41, 5.74) is 12.5. The van der Waals surface area contributed by atoms with Gasteiger partial charge >= 0.3 is 0 Å². The normalized spacial score (nSPS) is 15.3. The maximum atomic E-state index is 14.2. The van der Waals surface area contributed by atoms with Gasteiger partial charge in [0.05, 0.1) is 22.7 Å². The molecule has 51 heavy (non-hydrogen) atoms. The Kier molecular flexibility index (Phi) is 7.45. The van der Waals surface area contributed by atoms with E-state index in [0.717, 1.165) is 57.2 Å². The van der Waals surface area contributed by atoms with Gasteiger partial charge in [-0.15, -0.1) is 11.3 Å². The van der Waals surface area contributed by atoms with Crippen molar-refractivity contribution in [2.75, 3.05) is 9.80 Å². The van der Waals surface area contributed by atoms with E-state index in [0.29, 0.717) is 0 Å². The van der Waals surface area contributed by atoms with Crippen LogP contribution in [0.2, 0.25) is 0 Å². The third kappa shape index (κ3) is 4.39. The van der Waals surface area contributed by atoms with Crippen LogP contribution in [0.25, 0.3) is 20.2 Å². The van der Waals surface area contributed by atoms with Crippen molar-refractivity contribution in [2.45, 2.75) is 64.2 Å². The van der Waals surface area contributed by atoms with Crippen molar-refractivity contribution < 1.29 is 0 Å². The van der Waals surface area contributed by atoms with E-state index < -0.39 is 0 Å². The van der Waals surface area contributed by atoms with Crippen LogP contribution in [0.1, 0.15) is 75.6 Å². The molecule has 0 saturated carbocycles. The SMILES string of the molecule is CCC1(CC)c2ccccc2N(c2ccc3c(=O)c4ccc(N5c6ccccc6C(CC)(CC)c6ccccc65)cc4sc3c2)c2ccccc21. The third-order valence-corrected chi connectivity index (χ3v) is 13.3. The van der Waals surface area contributed by atoms with Gasteiger partial charge in [0.15, 0.2) is 5.43 Å². The van der Waals surface area contributed by atoms with Gasteiger partial charge in [0.1, 0.15) is 0 Å². The van der Waals surface area contributed by atoms with Crippen LogP contribution in [0.3, 0.4) is 0 Å². The summed E-state index contributed by atoms with van der Waals surface area (Å²) in [7, 11) is 0. The maximum Gasteiger partial charge on any atom is 0.195 e. The Hall–Kier alpha value is -5.19. The van der Waals surface area contributed by atoms with E-state index in [1.807, 2.05) is 12.1 Å². The first-order chi connectivity index (χ1) is 25.0. The van der Waals surface area contributed by atoms with Crippen molar-refractivity contribution in [3.8, 4) is 0 Å². The summed E-state index contributed by atoms with van der Waals surface area (Å²) in [6.45, 7) is 9.24. The van der Waals surface area contributed by atoms with Gasteiger partial charge < -0.3 is 9.80 Å². The lowest BCUT2D eigenvalue weighted by atomic mass is 9.67. The monoisotopic (exact) mass is 682 g/mol. The Balaban J connectivity index is 1.23. The number of nitrogens with zero attached hydrogens (tertiary/aromatic N) is 2. The first-order valence-corrected chi connectivity index (χ1v) is 19.3. The Bertz CT molecular complexity index is 2270. The number of hydrogen-bond donors (Lipinski definition) is 0. The number of hydrogen-bond acceptors (Lipinski definition) is 4. The Labute approximate surface area is 304 Å². The summed E-state index contributed by atoms with van der Waals surface area (Å²) in [5, 5.41) is 1.53. The second-order valence-corrected chi connectivity index (χ2v) is 15.2. The van der Waals surface area contributed by atoms with Crippen molar-refractivity contribution in [3.63, 3.8) is 0 Å². The molecule has 252 valence electrons. The summed E-state index contributed by atoms with van der Waals surface area (Å²) in [6.07, 6.45) is 4.12. The van der Waals surface area contributed by atoms with Gasteiger partial charge in [-0.05, 0) is 109 Å². The molecule has 0 radical (unpaired) electrons. The molecule has 0 saturated heterocycles. The van der Waals surface area contributed by atoms with Crippen molar-refractivity contribution in [2.24, 2.45) is 0 Å². The zero-order chi connectivity index (χ0) is 34.9. The minimum Gasteiger partial charge on any atom is -0.310 e. The first-order valence-electron chi connectivity index (χ1n) is 18.5. The predicted molar refractivity (Wildman–Crippen MR) is 218 cm³/mol. The average Bonchev–Trinajstić information content (AvgIpc) is 3.19. The third-order valence-electron chi connectivity index (χ3n) is 12.2. The highest BCUT2D eigenvalue weighted by molar-refractivity contribution is 7.24. The van der Waals surface area contributed by atoms with Crippen LogP contribution >= 0.6 is 11.3 Å². The quantitative estimate of drug-likeness (QED) is 0.163. The largest absolute Gasteiger partial charge is 0.310 e. The number of benzene rings is 6. The van der Waals surface area contributed by atoms with Gasteiger partial charge in [0.25, 0.3) is 0 Å². The van der Waals surface area contributed by atoms with Crippen molar-refractivity contribution in [1.29, 1.82) is 0 Å². The van der Waals surface area contributed by atoms with Crippen LogP contribution in [0.15, 0.2) is 138 Å². The zero-order valence-corrected chi connectivity index (χ0v) is 30.6. The molecule has 6 aromatic carbocycles. The van der Waals surface area contributed by atoms with Crippen LogP contribution < -0.4 is 15.2 Å². The Morgan fingerprint density at radius 2 is 0.765 bits per heavy atom. The van der Waals surface area contributed by atoms with Crippen LogP contribution in [-0.4, -0.2) is 0 Å². The minimum absolute atomic E-state index is 0.0441. The summed E-state index contributed by atoms with van der Waals surface area (Å²) in [6, 6.07) is 48.3. The molecule has 0 spiro atoms. The highest BCUT2D eigenvalue weighted by Gasteiger charge is 2.42. The highest BCUT2D eigenvalue weighted by atomic mass is 32.1. The van der Waals surface area contributed by atoms with E-state index in [2.05, 4.69) is 159 Å². The summed E-state index contributed by atoms with van der Waals surface area (Å²) >= 11 is 1.71. The Morgan fingerprint density at radius 3 is 1.08 bits per heavy atom. The molecule has 0 bridgehead atoms. The highest BCUT2D eigenvalue weighted by Crippen LogP contribution is 2.56. The molecule has 2 aliphatic rings. The minimum atomic E-state index is -0.0441. The number of anilines is 6. The van der Waals surface area contributed by atoms with E-state index >= 15 is 0 Å². The fourth-order valence-electron chi connectivity index (χ4n) is 9.53. The van der Waals surface area contributed by atoms with E-state index in [9.17, 15) is 4.79 Å². The molecule has 7 aromatic rings. The average molecular weight is 683 g/mol. The van der Waals surface area contributed by atoms with Gasteiger partial charge in [0.2, 0.25) is 0 Å². The lowest BCUT2D eigenvalue weighted by Crippen LogP contribution is -2.34. The smallest absolute Gasteiger partial charge is 0.195 e. The molecule has 1 aromatic heterocycles. The van der Waals surface area contributed by atoms with E-state index in [1.165, 1.54) is 45.0 Å². The van der Waals surface area contributed by atoms with Gasteiger partial charge in [-0.25, -0.2) is 0 Å². The maximum absolute atomic E-state index is 14.2. The fourth-order valence-corrected chi connectivity index (χ4v) is 10.7. The van der Waals surface area contributed by atoms with Gasteiger partial charge in [0, 0.05) is 42.4 Å². The standard InChI is InChI=1S/C47H42N2OS/c1-5-46(6-2)35-17-9-13-21-39(35)48(40-22-14-10-18-36(40)46)31-25-27-33-43(29-31)51-44-30-32(26-28-34(44)45(33)50)49-41-23-15-11-19-37(41)47(7-3,8-4)38-20-12-16-24-42(38)49/h9-30H,5-8H2,1-4H3. The van der Waals surface area contributed by atoms with Crippen LogP contribution in [0.4, 0.5) is 34.1 Å². The lowest BCUT2D eigenvalue weighted by molar-refractivity contribution is 0.474. The summed E-state index contributed by atoms with van der Waals surface area (Å²) in [4.78, 5) is 19.0. The van der Waals surface area contributed by atoms with Crippen LogP contribution in [0.5, 0.6) is 0 Å². The molecule has 0 atom stereocenters. The lowest BCUT2D eigenvalue weighted by Gasteiger charge is -2.45. The fraction of sp³-hybridized carbons (Fsp3) is 0.213. The Morgan fingerprint density at radius 1 is 0.451 bits per heavy atom. The van der Waals surface area contributed by atoms with Gasteiger partial charge in [-0.1, -0.05) is 100 Å². The molecule has 0 N–H and O–H groups in total. The van der Waals surface area contributed by atoms with E-state index in [4.69, 9.17) is 0 Å². The van der Waals surface area contributed by atoms with E-state index in [1.54, 1.807) is 11.3 Å².